The number of hydrogen-bond acceptors (Lipinski definition) is 3. The summed E-state index contributed by atoms with van der Waals surface area (Å²) >= 11 is 0. The summed E-state index contributed by atoms with van der Waals surface area (Å²) in [5.41, 5.74) is 0. The molecule has 1 aliphatic heterocycles. The van der Waals surface area contributed by atoms with Gasteiger partial charge in [0, 0.05) is 13.1 Å². The van der Waals surface area contributed by atoms with Crippen molar-refractivity contribution in [1.82, 2.24) is 10.2 Å². The zero-order valence-corrected chi connectivity index (χ0v) is 12.7. The minimum atomic E-state index is -0.900. The zero-order valence-electron chi connectivity index (χ0n) is 12.7. The molecule has 0 aromatic carbocycles. The number of rotatable bonds is 3. The van der Waals surface area contributed by atoms with Crippen LogP contribution in [0.1, 0.15) is 44.9 Å². The molecular weight excluding hydrogens is 272 g/mol. The van der Waals surface area contributed by atoms with Crippen molar-refractivity contribution < 1.29 is 19.4 Å². The van der Waals surface area contributed by atoms with Crippen LogP contribution in [0.3, 0.4) is 0 Å². The number of amides is 2. The summed E-state index contributed by atoms with van der Waals surface area (Å²) in [7, 11) is 1.66. The van der Waals surface area contributed by atoms with Crippen LogP contribution < -0.4 is 5.32 Å². The molecule has 6 heteroatoms. The summed E-state index contributed by atoms with van der Waals surface area (Å²) in [6.45, 7) is 0.479. The molecule has 2 fully saturated rings. The van der Waals surface area contributed by atoms with Crippen molar-refractivity contribution in [2.45, 2.75) is 57.0 Å². The van der Waals surface area contributed by atoms with Crippen molar-refractivity contribution in [1.29, 1.82) is 0 Å². The van der Waals surface area contributed by atoms with E-state index >= 15 is 0 Å². The van der Waals surface area contributed by atoms with Gasteiger partial charge in [-0.3, -0.25) is 4.79 Å². The Balaban J connectivity index is 1.87. The van der Waals surface area contributed by atoms with Crippen LogP contribution in [0.15, 0.2) is 0 Å². The molecular formula is C15H26N2O4. The molecule has 0 aromatic heterocycles. The number of nitrogens with zero attached hydrogens (tertiary/aromatic N) is 1. The molecule has 0 spiro atoms. The molecule has 1 saturated carbocycles. The Hall–Kier alpha value is -1.30. The molecule has 120 valence electrons. The molecule has 6 nitrogen and oxygen atoms in total. The fraction of sp³-hybridized carbons (Fsp3) is 0.867. The first-order valence-corrected chi connectivity index (χ1v) is 7.93. The van der Waals surface area contributed by atoms with Crippen molar-refractivity contribution in [2.75, 3.05) is 20.3 Å². The fourth-order valence-corrected chi connectivity index (χ4v) is 3.19. The quantitative estimate of drug-likeness (QED) is 0.833. The normalized spacial score (nSPS) is 27.7. The lowest BCUT2D eigenvalue weighted by Gasteiger charge is -2.29. The average molecular weight is 298 g/mol. The van der Waals surface area contributed by atoms with Gasteiger partial charge in [-0.2, -0.15) is 0 Å². The van der Waals surface area contributed by atoms with E-state index in [1.54, 1.807) is 7.05 Å². The van der Waals surface area contributed by atoms with Crippen LogP contribution in [-0.2, 0) is 9.53 Å². The van der Waals surface area contributed by atoms with Crippen LogP contribution in [0.2, 0.25) is 0 Å². The Morgan fingerprint density at radius 1 is 1.10 bits per heavy atom. The Labute approximate surface area is 125 Å². The second kappa shape index (κ2) is 7.64. The van der Waals surface area contributed by atoms with Crippen LogP contribution in [0.25, 0.3) is 0 Å². The molecule has 2 amide bonds. The molecule has 1 aliphatic carbocycles. The van der Waals surface area contributed by atoms with Crippen LogP contribution in [0, 0.1) is 5.92 Å². The summed E-state index contributed by atoms with van der Waals surface area (Å²) < 4.78 is 5.23. The molecule has 2 unspecified atom stereocenters. The number of nitrogens with one attached hydrogen (secondary N) is 1. The Morgan fingerprint density at radius 2 is 1.71 bits per heavy atom. The van der Waals surface area contributed by atoms with Crippen LogP contribution >= 0.6 is 0 Å². The van der Waals surface area contributed by atoms with Gasteiger partial charge in [0.15, 0.2) is 0 Å². The standard InChI is InChI=1S/C15H26N2O4/c1-17(13-10-21-9-12(13)14(18)19)15(20)16-11-7-5-3-2-4-6-8-11/h11-13H,2-10H2,1H3,(H,16,20)(H,18,19). The molecule has 0 radical (unpaired) electrons. The fourth-order valence-electron chi connectivity index (χ4n) is 3.19. The van der Waals surface area contributed by atoms with Crippen molar-refractivity contribution in [3.63, 3.8) is 0 Å². The maximum absolute atomic E-state index is 12.3. The van der Waals surface area contributed by atoms with Gasteiger partial charge in [0.25, 0.3) is 0 Å². The van der Waals surface area contributed by atoms with E-state index in [2.05, 4.69) is 5.32 Å². The molecule has 2 N–H and O–H groups in total. The number of ether oxygens (including phenoxy) is 1. The average Bonchev–Trinajstić information content (AvgIpc) is 2.90. The van der Waals surface area contributed by atoms with E-state index in [4.69, 9.17) is 9.84 Å². The van der Waals surface area contributed by atoms with E-state index in [9.17, 15) is 9.59 Å². The van der Waals surface area contributed by atoms with Gasteiger partial charge >= 0.3 is 12.0 Å². The first kappa shape index (κ1) is 16.1. The van der Waals surface area contributed by atoms with E-state index < -0.39 is 11.9 Å². The number of hydrogen-bond donors (Lipinski definition) is 2. The van der Waals surface area contributed by atoms with Gasteiger partial charge in [-0.1, -0.05) is 32.1 Å². The third-order valence-corrected chi connectivity index (χ3v) is 4.62. The number of carbonyl (C=O) groups is 2. The lowest BCUT2D eigenvalue weighted by molar-refractivity contribution is -0.142. The number of carboxylic acids is 1. The molecule has 21 heavy (non-hydrogen) atoms. The molecule has 2 rings (SSSR count). The monoisotopic (exact) mass is 298 g/mol. The van der Waals surface area contributed by atoms with Gasteiger partial charge in [0.1, 0.15) is 5.92 Å². The smallest absolute Gasteiger partial charge is 0.317 e. The highest BCUT2D eigenvalue weighted by molar-refractivity contribution is 5.77. The minimum Gasteiger partial charge on any atom is -0.481 e. The van der Waals surface area contributed by atoms with E-state index in [1.807, 2.05) is 0 Å². The zero-order chi connectivity index (χ0) is 15.2. The van der Waals surface area contributed by atoms with E-state index in [-0.39, 0.29) is 24.7 Å². The van der Waals surface area contributed by atoms with Gasteiger partial charge in [0.2, 0.25) is 0 Å². The van der Waals surface area contributed by atoms with Gasteiger partial charge in [-0.25, -0.2) is 4.79 Å². The van der Waals surface area contributed by atoms with Gasteiger partial charge in [0.05, 0.1) is 19.3 Å². The molecule has 0 aromatic rings. The highest BCUT2D eigenvalue weighted by Crippen LogP contribution is 2.20. The Bertz CT molecular complexity index is 367. The lowest BCUT2D eigenvalue weighted by atomic mass is 9.97. The van der Waals surface area contributed by atoms with Crippen molar-refractivity contribution >= 4 is 12.0 Å². The van der Waals surface area contributed by atoms with E-state index in [0.29, 0.717) is 6.61 Å². The van der Waals surface area contributed by atoms with Gasteiger partial charge in [-0.15, -0.1) is 0 Å². The molecule has 2 aliphatic rings. The third kappa shape index (κ3) is 4.33. The summed E-state index contributed by atoms with van der Waals surface area (Å²) in [6, 6.07) is -0.343. The SMILES string of the molecule is CN(C(=O)NC1CCCCCCC1)C1COCC1C(=O)O. The predicted molar refractivity (Wildman–Crippen MR) is 78.1 cm³/mol. The summed E-state index contributed by atoms with van der Waals surface area (Å²) in [5, 5.41) is 12.2. The first-order chi connectivity index (χ1) is 10.1. The second-order valence-electron chi connectivity index (χ2n) is 6.15. The third-order valence-electron chi connectivity index (χ3n) is 4.62. The van der Waals surface area contributed by atoms with E-state index in [0.717, 1.165) is 25.7 Å². The van der Waals surface area contributed by atoms with Crippen LogP contribution in [0.4, 0.5) is 4.79 Å². The number of likely N-dealkylation sites (N-methyl/N-ethyl adjacent to an activating group) is 1. The van der Waals surface area contributed by atoms with Crippen molar-refractivity contribution in [3.05, 3.63) is 0 Å². The highest BCUT2D eigenvalue weighted by Gasteiger charge is 2.38. The van der Waals surface area contributed by atoms with Crippen molar-refractivity contribution in [3.8, 4) is 0 Å². The second-order valence-corrected chi connectivity index (χ2v) is 6.15. The topological polar surface area (TPSA) is 78.9 Å². The summed E-state index contributed by atoms with van der Waals surface area (Å²) in [6.07, 6.45) is 8.10. The summed E-state index contributed by atoms with van der Waals surface area (Å²) in [4.78, 5) is 25.0. The Kier molecular flexibility index (Phi) is 5.85. The number of carboxylic acid groups (broad SMARTS) is 1. The molecule has 0 bridgehead atoms. The predicted octanol–water partition coefficient (Wildman–Crippen LogP) is 1.84. The molecule has 1 saturated heterocycles. The largest absolute Gasteiger partial charge is 0.481 e. The van der Waals surface area contributed by atoms with Crippen LogP contribution in [-0.4, -0.2) is 54.4 Å². The maximum Gasteiger partial charge on any atom is 0.317 e. The minimum absolute atomic E-state index is 0.178. The molecule has 1 heterocycles. The first-order valence-electron chi connectivity index (χ1n) is 7.93. The summed E-state index contributed by atoms with van der Waals surface area (Å²) in [5.74, 6) is -1.53. The van der Waals surface area contributed by atoms with Crippen LogP contribution in [0.5, 0.6) is 0 Å². The number of carbonyl (C=O) groups excluding carboxylic acids is 1. The van der Waals surface area contributed by atoms with Gasteiger partial charge < -0.3 is 20.1 Å². The number of aliphatic carboxylic acids is 1. The van der Waals surface area contributed by atoms with E-state index in [1.165, 1.54) is 24.2 Å². The van der Waals surface area contributed by atoms with Gasteiger partial charge in [-0.05, 0) is 12.8 Å². The number of urea groups is 1. The lowest BCUT2D eigenvalue weighted by Crippen LogP contribution is -2.50. The highest BCUT2D eigenvalue weighted by atomic mass is 16.5. The maximum atomic E-state index is 12.3. The Morgan fingerprint density at radius 3 is 2.33 bits per heavy atom. The van der Waals surface area contributed by atoms with Crippen molar-refractivity contribution in [2.24, 2.45) is 5.92 Å². The molecule has 2 atom stereocenters.